The van der Waals surface area contributed by atoms with Crippen LogP contribution in [0.2, 0.25) is 0 Å². The summed E-state index contributed by atoms with van der Waals surface area (Å²) < 4.78 is 0. The summed E-state index contributed by atoms with van der Waals surface area (Å²) in [6.45, 7) is 0. The van der Waals surface area contributed by atoms with Crippen LogP contribution in [-0.2, 0) is 9.59 Å². The monoisotopic (exact) mass is 274 g/mol. The minimum absolute atomic E-state index is 0.145. The molecule has 0 heterocycles. The standard InChI is InChI=1S/C16H22N2O2/c17-11-14(15(19)12-7-3-1-4-8-12)16(20)18-13-9-5-2-6-10-13/h1,3,12-14H,2,4-10H2,(H,18,20)/t12-,14-/m1/s1. The Hall–Kier alpha value is -1.63. The van der Waals surface area contributed by atoms with Gasteiger partial charge in [-0.3, -0.25) is 9.59 Å². The van der Waals surface area contributed by atoms with Gasteiger partial charge in [-0.15, -0.1) is 0 Å². The lowest BCUT2D eigenvalue weighted by atomic mass is 9.84. The van der Waals surface area contributed by atoms with Crippen LogP contribution in [0.5, 0.6) is 0 Å². The average Bonchev–Trinajstić information content (AvgIpc) is 2.49. The quantitative estimate of drug-likeness (QED) is 0.632. The van der Waals surface area contributed by atoms with E-state index in [1.807, 2.05) is 18.2 Å². The first kappa shape index (κ1) is 14.8. The van der Waals surface area contributed by atoms with Crippen molar-refractivity contribution < 1.29 is 9.59 Å². The Balaban J connectivity index is 1.92. The lowest BCUT2D eigenvalue weighted by Gasteiger charge is -2.25. The van der Waals surface area contributed by atoms with Gasteiger partial charge in [0.1, 0.15) is 0 Å². The van der Waals surface area contributed by atoms with Gasteiger partial charge in [-0.1, -0.05) is 31.4 Å². The Bertz CT molecular complexity index is 430. The Morgan fingerprint density at radius 3 is 2.50 bits per heavy atom. The molecule has 1 N–H and O–H groups in total. The van der Waals surface area contributed by atoms with Crippen LogP contribution in [0, 0.1) is 23.2 Å². The van der Waals surface area contributed by atoms with Crippen LogP contribution in [0.1, 0.15) is 51.4 Å². The number of carbonyl (C=O) groups excluding carboxylic acids is 2. The third-order valence-corrected chi connectivity index (χ3v) is 4.30. The fourth-order valence-electron chi connectivity index (χ4n) is 3.07. The number of nitrogens with zero attached hydrogens (tertiary/aromatic N) is 1. The van der Waals surface area contributed by atoms with Crippen molar-refractivity contribution in [3.8, 4) is 6.07 Å². The van der Waals surface area contributed by atoms with Crippen LogP contribution in [0.4, 0.5) is 0 Å². The average molecular weight is 274 g/mol. The minimum atomic E-state index is -1.13. The first-order valence-corrected chi connectivity index (χ1v) is 7.61. The molecular weight excluding hydrogens is 252 g/mol. The molecule has 0 aromatic carbocycles. The zero-order valence-electron chi connectivity index (χ0n) is 11.8. The minimum Gasteiger partial charge on any atom is -0.352 e. The number of rotatable bonds is 4. The summed E-state index contributed by atoms with van der Waals surface area (Å²) >= 11 is 0. The number of ketones is 1. The second-order valence-corrected chi connectivity index (χ2v) is 5.79. The maximum atomic E-state index is 12.3. The summed E-state index contributed by atoms with van der Waals surface area (Å²) in [6.07, 6.45) is 11.7. The molecule has 0 aromatic heterocycles. The van der Waals surface area contributed by atoms with E-state index in [9.17, 15) is 14.9 Å². The van der Waals surface area contributed by atoms with Crippen LogP contribution < -0.4 is 5.32 Å². The van der Waals surface area contributed by atoms with Crippen LogP contribution >= 0.6 is 0 Å². The summed E-state index contributed by atoms with van der Waals surface area (Å²) in [7, 11) is 0. The van der Waals surface area contributed by atoms with Gasteiger partial charge in [-0.2, -0.15) is 5.26 Å². The van der Waals surface area contributed by atoms with Gasteiger partial charge < -0.3 is 5.32 Å². The normalized spacial score (nSPS) is 24.6. The Morgan fingerprint density at radius 2 is 1.90 bits per heavy atom. The molecule has 0 saturated heterocycles. The predicted molar refractivity (Wildman–Crippen MR) is 75.6 cm³/mol. The lowest BCUT2D eigenvalue weighted by molar-refractivity contribution is -0.134. The number of amides is 1. The lowest BCUT2D eigenvalue weighted by Crippen LogP contribution is -2.43. The fraction of sp³-hybridized carbons (Fsp3) is 0.688. The molecule has 108 valence electrons. The Kier molecular flexibility index (Phi) is 5.34. The number of Topliss-reactive ketones (excluding diaryl/α,β-unsaturated/α-hetero) is 1. The molecule has 2 rings (SSSR count). The van der Waals surface area contributed by atoms with Gasteiger partial charge in [0, 0.05) is 12.0 Å². The number of carbonyl (C=O) groups is 2. The van der Waals surface area contributed by atoms with Crippen molar-refractivity contribution in [1.29, 1.82) is 5.26 Å². The van der Waals surface area contributed by atoms with Gasteiger partial charge in [0.05, 0.1) is 6.07 Å². The van der Waals surface area contributed by atoms with Crippen LogP contribution in [0.3, 0.4) is 0 Å². The molecule has 1 saturated carbocycles. The molecule has 0 radical (unpaired) electrons. The summed E-state index contributed by atoms with van der Waals surface area (Å²) in [4.78, 5) is 24.4. The third kappa shape index (κ3) is 3.69. The maximum absolute atomic E-state index is 12.3. The van der Waals surface area contributed by atoms with Gasteiger partial charge in [-0.05, 0) is 32.1 Å². The van der Waals surface area contributed by atoms with E-state index in [1.165, 1.54) is 6.42 Å². The first-order chi connectivity index (χ1) is 9.72. The highest BCUT2D eigenvalue weighted by molar-refractivity contribution is 6.05. The number of hydrogen-bond acceptors (Lipinski definition) is 3. The highest BCUT2D eigenvalue weighted by atomic mass is 16.2. The number of nitrogens with one attached hydrogen (secondary N) is 1. The topological polar surface area (TPSA) is 70.0 Å². The van der Waals surface area contributed by atoms with Crippen molar-refractivity contribution in [3.63, 3.8) is 0 Å². The summed E-state index contributed by atoms with van der Waals surface area (Å²) in [5, 5.41) is 12.1. The number of nitriles is 1. The maximum Gasteiger partial charge on any atom is 0.245 e. The molecule has 0 unspecified atom stereocenters. The molecule has 0 aliphatic heterocycles. The van der Waals surface area contributed by atoms with Crippen molar-refractivity contribution in [2.75, 3.05) is 0 Å². The van der Waals surface area contributed by atoms with E-state index >= 15 is 0 Å². The Morgan fingerprint density at radius 1 is 1.15 bits per heavy atom. The summed E-state index contributed by atoms with van der Waals surface area (Å²) in [5.74, 6) is -1.89. The fourth-order valence-corrected chi connectivity index (χ4v) is 3.07. The molecule has 1 amide bonds. The SMILES string of the molecule is N#C[C@@H](C(=O)NC1CCCCC1)C(=O)[C@@H]1CC=CCC1. The van der Waals surface area contributed by atoms with E-state index in [0.29, 0.717) is 6.42 Å². The van der Waals surface area contributed by atoms with Crippen LogP contribution in [-0.4, -0.2) is 17.7 Å². The van der Waals surface area contributed by atoms with Crippen molar-refractivity contribution in [3.05, 3.63) is 12.2 Å². The highest BCUT2D eigenvalue weighted by Crippen LogP contribution is 2.23. The molecule has 2 aliphatic rings. The second-order valence-electron chi connectivity index (χ2n) is 5.79. The van der Waals surface area contributed by atoms with E-state index in [-0.39, 0.29) is 23.7 Å². The van der Waals surface area contributed by atoms with E-state index in [2.05, 4.69) is 5.32 Å². The van der Waals surface area contributed by atoms with Gasteiger partial charge >= 0.3 is 0 Å². The molecule has 0 bridgehead atoms. The molecule has 2 aliphatic carbocycles. The van der Waals surface area contributed by atoms with Crippen LogP contribution in [0.15, 0.2) is 12.2 Å². The van der Waals surface area contributed by atoms with Crippen molar-refractivity contribution >= 4 is 11.7 Å². The predicted octanol–water partition coefficient (Wildman–Crippen LogP) is 2.50. The van der Waals surface area contributed by atoms with E-state index in [4.69, 9.17) is 0 Å². The van der Waals surface area contributed by atoms with Gasteiger partial charge in [0.2, 0.25) is 5.91 Å². The molecule has 20 heavy (non-hydrogen) atoms. The largest absolute Gasteiger partial charge is 0.352 e. The highest BCUT2D eigenvalue weighted by Gasteiger charge is 2.33. The molecule has 1 fully saturated rings. The third-order valence-electron chi connectivity index (χ3n) is 4.30. The summed E-state index contributed by atoms with van der Waals surface area (Å²) in [5.41, 5.74) is 0. The van der Waals surface area contributed by atoms with E-state index in [0.717, 1.165) is 38.5 Å². The van der Waals surface area contributed by atoms with E-state index < -0.39 is 5.92 Å². The molecule has 0 spiro atoms. The molecule has 2 atom stereocenters. The van der Waals surface area contributed by atoms with Crippen LogP contribution in [0.25, 0.3) is 0 Å². The smallest absolute Gasteiger partial charge is 0.245 e. The Labute approximate surface area is 120 Å². The second kappa shape index (κ2) is 7.23. The molecule has 4 nitrogen and oxygen atoms in total. The van der Waals surface area contributed by atoms with Crippen molar-refractivity contribution in [2.45, 2.75) is 57.4 Å². The number of hydrogen-bond donors (Lipinski definition) is 1. The molecule has 0 aromatic rings. The van der Waals surface area contributed by atoms with Crippen molar-refractivity contribution in [2.24, 2.45) is 11.8 Å². The van der Waals surface area contributed by atoms with Gasteiger partial charge in [-0.25, -0.2) is 0 Å². The molecular formula is C16H22N2O2. The van der Waals surface area contributed by atoms with Gasteiger partial charge in [0.15, 0.2) is 11.7 Å². The first-order valence-electron chi connectivity index (χ1n) is 7.61. The zero-order chi connectivity index (χ0) is 14.4. The molecule has 4 heteroatoms. The van der Waals surface area contributed by atoms with Gasteiger partial charge in [0.25, 0.3) is 0 Å². The number of allylic oxidation sites excluding steroid dienone is 2. The van der Waals surface area contributed by atoms with E-state index in [1.54, 1.807) is 0 Å². The summed E-state index contributed by atoms with van der Waals surface area (Å²) in [6, 6.07) is 2.05. The van der Waals surface area contributed by atoms with Crippen molar-refractivity contribution in [1.82, 2.24) is 5.32 Å². The zero-order valence-corrected chi connectivity index (χ0v) is 11.8.